The zero-order chi connectivity index (χ0) is 17.5. The quantitative estimate of drug-likeness (QED) is 0.757. The van der Waals surface area contributed by atoms with Crippen molar-refractivity contribution in [2.75, 3.05) is 59.0 Å². The highest BCUT2D eigenvalue weighted by Gasteiger charge is 2.24. The van der Waals surface area contributed by atoms with Gasteiger partial charge in [-0.2, -0.15) is 0 Å². The largest absolute Gasteiger partial charge is 0.379 e. The van der Waals surface area contributed by atoms with Gasteiger partial charge in [0.25, 0.3) is 0 Å². The monoisotopic (exact) mass is 365 g/mol. The van der Waals surface area contributed by atoms with Gasteiger partial charge >= 0.3 is 0 Å². The highest BCUT2D eigenvalue weighted by atomic mass is 32.1. The summed E-state index contributed by atoms with van der Waals surface area (Å²) in [5.74, 6) is 0.408. The number of amides is 2. The zero-order valence-electron chi connectivity index (χ0n) is 14.7. The number of carbonyl (C=O) groups excluding carboxylic acids is 2. The summed E-state index contributed by atoms with van der Waals surface area (Å²) in [7, 11) is 0. The van der Waals surface area contributed by atoms with Crippen LogP contribution in [0.3, 0.4) is 0 Å². The van der Waals surface area contributed by atoms with Gasteiger partial charge in [-0.25, -0.2) is 0 Å². The minimum absolute atomic E-state index is 0.203. The summed E-state index contributed by atoms with van der Waals surface area (Å²) in [6, 6.07) is 4.09. The summed E-state index contributed by atoms with van der Waals surface area (Å²) in [4.78, 5) is 32.0. The lowest BCUT2D eigenvalue weighted by Crippen LogP contribution is -2.51. The number of morpholine rings is 1. The lowest BCUT2D eigenvalue weighted by Gasteiger charge is -2.35. The normalized spacial score (nSPS) is 19.2. The van der Waals surface area contributed by atoms with Crippen molar-refractivity contribution in [3.05, 3.63) is 22.4 Å². The Morgan fingerprint density at radius 1 is 0.960 bits per heavy atom. The fourth-order valence-electron chi connectivity index (χ4n) is 3.28. The van der Waals surface area contributed by atoms with Crippen molar-refractivity contribution >= 4 is 23.2 Å². The molecule has 2 amide bonds. The minimum atomic E-state index is 0.203. The van der Waals surface area contributed by atoms with Gasteiger partial charge < -0.3 is 14.5 Å². The number of piperazine rings is 1. The number of thiophene rings is 1. The molecule has 0 bridgehead atoms. The van der Waals surface area contributed by atoms with Gasteiger partial charge in [0.05, 0.1) is 13.2 Å². The Morgan fingerprint density at radius 2 is 1.60 bits per heavy atom. The molecule has 3 heterocycles. The van der Waals surface area contributed by atoms with Crippen LogP contribution in [0.15, 0.2) is 17.5 Å². The number of ether oxygens (including phenoxy) is 1. The topological polar surface area (TPSA) is 53.1 Å². The van der Waals surface area contributed by atoms with Gasteiger partial charge in [-0.05, 0) is 17.9 Å². The Morgan fingerprint density at radius 3 is 2.20 bits per heavy atom. The van der Waals surface area contributed by atoms with Crippen LogP contribution in [0, 0.1) is 0 Å². The van der Waals surface area contributed by atoms with Crippen LogP contribution in [0.2, 0.25) is 0 Å². The van der Waals surface area contributed by atoms with Crippen LogP contribution in [0.25, 0.3) is 0 Å². The van der Waals surface area contributed by atoms with Crippen LogP contribution in [0.5, 0.6) is 0 Å². The van der Waals surface area contributed by atoms with Crippen molar-refractivity contribution in [2.45, 2.75) is 19.3 Å². The molecule has 2 saturated heterocycles. The van der Waals surface area contributed by atoms with Gasteiger partial charge in [0, 0.05) is 63.5 Å². The van der Waals surface area contributed by atoms with Crippen LogP contribution in [0.1, 0.15) is 17.7 Å². The average Bonchev–Trinajstić information content (AvgIpc) is 3.19. The maximum atomic E-state index is 12.4. The molecule has 0 spiro atoms. The SMILES string of the molecule is O=C(CCc1cccs1)N1CCN(C(=O)CCN2CCOCC2)CC1. The molecule has 25 heavy (non-hydrogen) atoms. The number of carbonyl (C=O) groups is 2. The van der Waals surface area contributed by atoms with Gasteiger partial charge in [0.2, 0.25) is 11.8 Å². The highest BCUT2D eigenvalue weighted by Crippen LogP contribution is 2.13. The second kappa shape index (κ2) is 9.31. The number of nitrogens with zero attached hydrogens (tertiary/aromatic N) is 3. The molecular weight excluding hydrogens is 338 g/mol. The van der Waals surface area contributed by atoms with Gasteiger partial charge in [0.15, 0.2) is 0 Å². The average molecular weight is 365 g/mol. The van der Waals surface area contributed by atoms with Crippen molar-refractivity contribution < 1.29 is 14.3 Å². The van der Waals surface area contributed by atoms with Crippen LogP contribution in [-0.2, 0) is 20.7 Å². The maximum Gasteiger partial charge on any atom is 0.223 e. The van der Waals surface area contributed by atoms with Gasteiger partial charge in [0.1, 0.15) is 0 Å². The first-order valence-electron chi connectivity index (χ1n) is 9.10. The van der Waals surface area contributed by atoms with Crippen molar-refractivity contribution in [3.8, 4) is 0 Å². The number of rotatable bonds is 6. The molecule has 0 N–H and O–H groups in total. The third-order valence-electron chi connectivity index (χ3n) is 4.90. The van der Waals surface area contributed by atoms with Gasteiger partial charge in [-0.3, -0.25) is 14.5 Å². The molecule has 1 aromatic heterocycles. The smallest absolute Gasteiger partial charge is 0.223 e. The van der Waals surface area contributed by atoms with E-state index < -0.39 is 0 Å². The first kappa shape index (κ1) is 18.4. The van der Waals surface area contributed by atoms with Crippen LogP contribution in [0.4, 0.5) is 0 Å². The molecule has 0 radical (unpaired) electrons. The summed E-state index contributed by atoms with van der Waals surface area (Å²) in [5.41, 5.74) is 0. The molecule has 2 fully saturated rings. The van der Waals surface area contributed by atoms with E-state index in [1.165, 1.54) is 4.88 Å². The predicted octanol–water partition coefficient (Wildman–Crippen LogP) is 1.07. The molecule has 1 aromatic rings. The van der Waals surface area contributed by atoms with E-state index in [1.807, 2.05) is 21.2 Å². The summed E-state index contributed by atoms with van der Waals surface area (Å²) in [6.07, 6.45) is 1.94. The molecule has 0 aromatic carbocycles. The fourth-order valence-corrected chi connectivity index (χ4v) is 3.99. The van der Waals surface area contributed by atoms with E-state index in [4.69, 9.17) is 4.74 Å². The Labute approximate surface area is 153 Å². The fraction of sp³-hybridized carbons (Fsp3) is 0.667. The Bertz CT molecular complexity index is 550. The van der Waals surface area contributed by atoms with E-state index in [1.54, 1.807) is 11.3 Å². The first-order valence-corrected chi connectivity index (χ1v) is 9.98. The first-order chi connectivity index (χ1) is 12.2. The number of hydrogen-bond acceptors (Lipinski definition) is 5. The van der Waals surface area contributed by atoms with E-state index in [9.17, 15) is 9.59 Å². The van der Waals surface area contributed by atoms with E-state index in [2.05, 4.69) is 11.0 Å². The third-order valence-corrected chi connectivity index (χ3v) is 5.83. The Kier molecular flexibility index (Phi) is 6.84. The Balaban J connectivity index is 1.34. The second-order valence-corrected chi connectivity index (χ2v) is 7.58. The zero-order valence-corrected chi connectivity index (χ0v) is 15.5. The Hall–Kier alpha value is -1.44. The van der Waals surface area contributed by atoms with Crippen LogP contribution >= 0.6 is 11.3 Å². The van der Waals surface area contributed by atoms with E-state index in [-0.39, 0.29) is 11.8 Å². The minimum Gasteiger partial charge on any atom is -0.379 e. The summed E-state index contributed by atoms with van der Waals surface area (Å²) in [5, 5.41) is 2.04. The summed E-state index contributed by atoms with van der Waals surface area (Å²) in [6.45, 7) is 6.81. The van der Waals surface area contributed by atoms with Crippen molar-refractivity contribution in [3.63, 3.8) is 0 Å². The van der Waals surface area contributed by atoms with Gasteiger partial charge in [-0.15, -0.1) is 11.3 Å². The molecule has 0 atom stereocenters. The number of aryl methyl sites for hydroxylation is 1. The maximum absolute atomic E-state index is 12.4. The van der Waals surface area contributed by atoms with Crippen LogP contribution in [-0.4, -0.2) is 85.5 Å². The van der Waals surface area contributed by atoms with Crippen molar-refractivity contribution in [1.29, 1.82) is 0 Å². The highest BCUT2D eigenvalue weighted by molar-refractivity contribution is 7.09. The second-order valence-electron chi connectivity index (χ2n) is 6.54. The molecule has 7 heteroatoms. The van der Waals surface area contributed by atoms with E-state index in [0.717, 1.165) is 39.3 Å². The van der Waals surface area contributed by atoms with Crippen molar-refractivity contribution in [1.82, 2.24) is 14.7 Å². The van der Waals surface area contributed by atoms with E-state index in [0.29, 0.717) is 39.0 Å². The molecule has 0 aliphatic carbocycles. The van der Waals surface area contributed by atoms with Crippen LogP contribution < -0.4 is 0 Å². The number of hydrogen-bond donors (Lipinski definition) is 0. The summed E-state index contributed by atoms with van der Waals surface area (Å²) < 4.78 is 5.33. The standard InChI is InChI=1S/C18H27N3O3S/c22-17(4-3-16-2-1-15-25-16)20-7-9-21(10-8-20)18(23)5-6-19-11-13-24-14-12-19/h1-2,15H,3-14H2. The third kappa shape index (κ3) is 5.52. The molecule has 0 unspecified atom stereocenters. The molecule has 6 nitrogen and oxygen atoms in total. The predicted molar refractivity (Wildman–Crippen MR) is 97.7 cm³/mol. The van der Waals surface area contributed by atoms with Gasteiger partial charge in [-0.1, -0.05) is 6.07 Å². The summed E-state index contributed by atoms with van der Waals surface area (Å²) >= 11 is 1.70. The molecule has 0 saturated carbocycles. The lowest BCUT2D eigenvalue weighted by molar-refractivity contribution is -0.139. The molecule has 2 aliphatic rings. The van der Waals surface area contributed by atoms with Crippen molar-refractivity contribution in [2.24, 2.45) is 0 Å². The molecule has 3 rings (SSSR count). The molecule has 138 valence electrons. The molecule has 2 aliphatic heterocycles. The molecular formula is C18H27N3O3S. The van der Waals surface area contributed by atoms with E-state index >= 15 is 0 Å². The lowest BCUT2D eigenvalue weighted by atomic mass is 10.2.